The lowest BCUT2D eigenvalue weighted by Gasteiger charge is -2.18. The van der Waals surface area contributed by atoms with Crippen molar-refractivity contribution in [3.05, 3.63) is 71.4 Å². The van der Waals surface area contributed by atoms with E-state index in [1.54, 1.807) is 24.1 Å². The summed E-state index contributed by atoms with van der Waals surface area (Å²) < 4.78 is 13.3. The van der Waals surface area contributed by atoms with E-state index >= 15 is 0 Å². The molecule has 1 aliphatic rings. The standard InChI is InChI=1S/C30H34N6O2SSi/c1-37-27-18-22(14-15-32-27)25-13-12-21-9-7-10-24(21)28(25)33-29-34-30(39-26-11-6-5-8-23(26)19-31)35-36(29)20-38-16-17-40(2,3)4/h5-6,8,11-15,18H,7,9-10,16-17,20H2,1-4H3,(H,33,34,35). The minimum absolute atomic E-state index is 0.285. The van der Waals surface area contributed by atoms with Gasteiger partial charge in [-0.2, -0.15) is 10.2 Å². The Bertz CT molecular complexity index is 1540. The molecule has 0 spiro atoms. The van der Waals surface area contributed by atoms with Gasteiger partial charge in [-0.25, -0.2) is 9.67 Å². The van der Waals surface area contributed by atoms with Crippen LogP contribution in [0.25, 0.3) is 11.1 Å². The smallest absolute Gasteiger partial charge is 0.228 e. The molecule has 0 radical (unpaired) electrons. The van der Waals surface area contributed by atoms with E-state index in [0.29, 0.717) is 29.2 Å². The minimum atomic E-state index is -1.23. The average Bonchev–Trinajstić information content (AvgIpc) is 3.58. The van der Waals surface area contributed by atoms with Crippen LogP contribution in [0.1, 0.15) is 23.1 Å². The Labute approximate surface area is 240 Å². The number of nitriles is 1. The summed E-state index contributed by atoms with van der Waals surface area (Å²) >= 11 is 1.38. The van der Waals surface area contributed by atoms with Crippen LogP contribution in [0.3, 0.4) is 0 Å². The molecule has 1 aliphatic carbocycles. The van der Waals surface area contributed by atoms with E-state index in [0.717, 1.165) is 47.0 Å². The first-order valence-corrected chi connectivity index (χ1v) is 18.0. The molecule has 5 rings (SSSR count). The monoisotopic (exact) mass is 570 g/mol. The van der Waals surface area contributed by atoms with Gasteiger partial charge in [-0.1, -0.05) is 43.9 Å². The maximum absolute atomic E-state index is 9.57. The fraction of sp³-hybridized carbons (Fsp3) is 0.333. The second kappa shape index (κ2) is 12.2. The number of nitrogens with zero attached hydrogens (tertiary/aromatic N) is 5. The zero-order chi connectivity index (χ0) is 28.1. The largest absolute Gasteiger partial charge is 0.481 e. The molecule has 0 aliphatic heterocycles. The van der Waals surface area contributed by atoms with Crippen molar-refractivity contribution in [2.45, 2.75) is 61.7 Å². The Morgan fingerprint density at radius 1 is 1.12 bits per heavy atom. The SMILES string of the molecule is COc1cc(-c2ccc3c(c2Nc2nc(Sc4ccccc4C#N)nn2COCC[Si](C)(C)C)CCC3)ccn1. The molecule has 2 aromatic carbocycles. The number of aryl methyl sites for hydroxylation is 1. The van der Waals surface area contributed by atoms with E-state index in [9.17, 15) is 5.26 Å². The van der Waals surface area contributed by atoms with Crippen molar-refractivity contribution in [3.8, 4) is 23.1 Å². The molecule has 0 unspecified atom stereocenters. The van der Waals surface area contributed by atoms with Crippen LogP contribution < -0.4 is 10.1 Å². The fourth-order valence-electron chi connectivity index (χ4n) is 4.67. The van der Waals surface area contributed by atoms with E-state index in [1.165, 1.54) is 22.9 Å². The van der Waals surface area contributed by atoms with E-state index in [2.05, 4.69) is 48.1 Å². The van der Waals surface area contributed by atoms with Crippen LogP contribution in [-0.4, -0.2) is 41.5 Å². The number of aromatic nitrogens is 4. The van der Waals surface area contributed by atoms with Crippen molar-refractivity contribution in [2.24, 2.45) is 0 Å². The molecule has 1 N–H and O–H groups in total. The van der Waals surface area contributed by atoms with Gasteiger partial charge in [0.2, 0.25) is 17.0 Å². The maximum Gasteiger partial charge on any atom is 0.228 e. The Kier molecular flexibility index (Phi) is 8.54. The molecule has 0 saturated heterocycles. The second-order valence-corrected chi connectivity index (χ2v) is 17.6. The molecule has 0 saturated carbocycles. The third-order valence-corrected chi connectivity index (χ3v) is 9.48. The van der Waals surface area contributed by atoms with Crippen LogP contribution in [0.5, 0.6) is 5.88 Å². The highest BCUT2D eigenvalue weighted by Crippen LogP contribution is 2.40. The Hall–Kier alpha value is -3.65. The summed E-state index contributed by atoms with van der Waals surface area (Å²) in [6, 6.07) is 19.2. The highest BCUT2D eigenvalue weighted by molar-refractivity contribution is 7.99. The van der Waals surface area contributed by atoms with Crippen LogP contribution >= 0.6 is 11.8 Å². The van der Waals surface area contributed by atoms with E-state index in [1.807, 2.05) is 30.3 Å². The summed E-state index contributed by atoms with van der Waals surface area (Å²) in [7, 11) is 0.400. The first kappa shape index (κ1) is 27.9. The topological polar surface area (TPSA) is 97.9 Å². The molecule has 40 heavy (non-hydrogen) atoms. The third-order valence-electron chi connectivity index (χ3n) is 6.85. The molecule has 206 valence electrons. The zero-order valence-corrected chi connectivity index (χ0v) is 25.2. The van der Waals surface area contributed by atoms with Crippen LogP contribution in [0.4, 0.5) is 11.6 Å². The van der Waals surface area contributed by atoms with E-state index in [4.69, 9.17) is 19.6 Å². The number of nitrogens with one attached hydrogen (secondary N) is 1. The normalized spacial score (nSPS) is 12.7. The molecular weight excluding hydrogens is 537 g/mol. The number of fused-ring (bicyclic) bond motifs is 1. The summed E-state index contributed by atoms with van der Waals surface area (Å²) in [5.41, 5.74) is 6.33. The lowest BCUT2D eigenvalue weighted by Crippen LogP contribution is -2.22. The number of hydrogen-bond acceptors (Lipinski definition) is 8. The molecule has 0 atom stereocenters. The van der Waals surface area contributed by atoms with E-state index in [-0.39, 0.29) is 6.73 Å². The van der Waals surface area contributed by atoms with Crippen molar-refractivity contribution >= 4 is 31.5 Å². The van der Waals surface area contributed by atoms with Gasteiger partial charge < -0.3 is 14.8 Å². The van der Waals surface area contributed by atoms with Crippen molar-refractivity contribution in [1.29, 1.82) is 5.26 Å². The van der Waals surface area contributed by atoms with Gasteiger partial charge in [0.05, 0.1) is 18.4 Å². The van der Waals surface area contributed by atoms with Gasteiger partial charge in [-0.3, -0.25) is 0 Å². The van der Waals surface area contributed by atoms with Crippen molar-refractivity contribution in [2.75, 3.05) is 19.0 Å². The summed E-state index contributed by atoms with van der Waals surface area (Å²) in [5, 5.41) is 18.6. The predicted molar refractivity (Wildman–Crippen MR) is 161 cm³/mol. The number of anilines is 2. The molecule has 0 amide bonds. The van der Waals surface area contributed by atoms with Gasteiger partial charge >= 0.3 is 0 Å². The number of methoxy groups -OCH3 is 1. The molecule has 2 aromatic heterocycles. The van der Waals surface area contributed by atoms with Gasteiger partial charge in [0.15, 0.2) is 0 Å². The molecule has 0 bridgehead atoms. The molecule has 10 heteroatoms. The Morgan fingerprint density at radius 3 is 2.77 bits per heavy atom. The summed E-state index contributed by atoms with van der Waals surface area (Å²) in [5.74, 6) is 1.17. The first-order valence-electron chi connectivity index (χ1n) is 13.5. The number of rotatable bonds is 11. The van der Waals surface area contributed by atoms with Gasteiger partial charge in [-0.05, 0) is 72.0 Å². The quantitative estimate of drug-likeness (QED) is 0.153. The lowest BCUT2D eigenvalue weighted by molar-refractivity contribution is 0.0792. The van der Waals surface area contributed by atoms with Crippen LogP contribution in [0, 0.1) is 11.3 Å². The minimum Gasteiger partial charge on any atom is -0.481 e. The number of hydrogen-bond donors (Lipinski definition) is 1. The Morgan fingerprint density at radius 2 is 1.98 bits per heavy atom. The molecule has 2 heterocycles. The third kappa shape index (κ3) is 6.55. The van der Waals surface area contributed by atoms with Gasteiger partial charge in [-0.15, -0.1) is 5.10 Å². The molecular formula is C30H34N6O2SSi. The van der Waals surface area contributed by atoms with Gasteiger partial charge in [0.25, 0.3) is 0 Å². The number of pyridine rings is 1. The fourth-order valence-corrected chi connectivity index (χ4v) is 6.27. The summed E-state index contributed by atoms with van der Waals surface area (Å²) in [6.45, 7) is 7.98. The first-order chi connectivity index (χ1) is 19.3. The molecule has 8 nitrogen and oxygen atoms in total. The predicted octanol–water partition coefficient (Wildman–Crippen LogP) is 6.92. The summed E-state index contributed by atoms with van der Waals surface area (Å²) in [6.07, 6.45) is 4.93. The molecule has 0 fully saturated rings. The molecule has 4 aromatic rings. The maximum atomic E-state index is 9.57. The number of benzene rings is 2. The van der Waals surface area contributed by atoms with Crippen LogP contribution in [0.15, 0.2) is 64.8 Å². The van der Waals surface area contributed by atoms with Crippen molar-refractivity contribution in [3.63, 3.8) is 0 Å². The van der Waals surface area contributed by atoms with Crippen LogP contribution in [0.2, 0.25) is 25.7 Å². The highest BCUT2D eigenvalue weighted by Gasteiger charge is 2.22. The Balaban J connectivity index is 1.51. The zero-order valence-electron chi connectivity index (χ0n) is 23.4. The number of ether oxygens (including phenoxy) is 2. The van der Waals surface area contributed by atoms with E-state index < -0.39 is 8.07 Å². The summed E-state index contributed by atoms with van der Waals surface area (Å²) in [4.78, 5) is 9.99. The van der Waals surface area contributed by atoms with Gasteiger partial charge in [0, 0.05) is 37.4 Å². The van der Waals surface area contributed by atoms with Crippen molar-refractivity contribution in [1.82, 2.24) is 19.7 Å². The van der Waals surface area contributed by atoms with Crippen LogP contribution in [-0.2, 0) is 24.3 Å². The van der Waals surface area contributed by atoms with Gasteiger partial charge in [0.1, 0.15) is 12.8 Å². The average molecular weight is 571 g/mol. The van der Waals surface area contributed by atoms with Crippen molar-refractivity contribution < 1.29 is 9.47 Å². The lowest BCUT2D eigenvalue weighted by atomic mass is 9.98. The second-order valence-electron chi connectivity index (χ2n) is 11.0. The highest BCUT2D eigenvalue weighted by atomic mass is 32.2.